The van der Waals surface area contributed by atoms with Crippen LogP contribution in [0.25, 0.3) is 10.2 Å². The zero-order chi connectivity index (χ0) is 20.1. The number of likely N-dealkylation sites (N-methyl/N-ethyl adjacent to an activating group) is 1. The average molecular weight is 403 g/mol. The van der Waals surface area contributed by atoms with Crippen LogP contribution < -0.4 is 14.5 Å². The molecule has 0 saturated heterocycles. The summed E-state index contributed by atoms with van der Waals surface area (Å²) in [6.07, 6.45) is 0. The molecule has 0 saturated carbocycles. The molecule has 5 nitrogen and oxygen atoms in total. The van der Waals surface area contributed by atoms with E-state index in [1.54, 1.807) is 42.3 Å². The third-order valence-corrected chi connectivity index (χ3v) is 5.90. The van der Waals surface area contributed by atoms with Gasteiger partial charge in [-0.2, -0.15) is 0 Å². The highest BCUT2D eigenvalue weighted by Crippen LogP contribution is 2.31. The maximum atomic E-state index is 14.1. The summed E-state index contributed by atoms with van der Waals surface area (Å²) in [6.45, 7) is 7.53. The maximum Gasteiger partial charge on any atom is 0.260 e. The summed E-state index contributed by atoms with van der Waals surface area (Å²) in [5.41, 5.74) is 0.861. The number of para-hydroxylation sites is 1. The number of anilines is 1. The Morgan fingerprint density at radius 2 is 1.89 bits per heavy atom. The van der Waals surface area contributed by atoms with Gasteiger partial charge in [0.1, 0.15) is 17.1 Å². The molecule has 1 aromatic heterocycles. The summed E-state index contributed by atoms with van der Waals surface area (Å²) in [7, 11) is 1.59. The van der Waals surface area contributed by atoms with E-state index in [1.165, 1.54) is 22.3 Å². The van der Waals surface area contributed by atoms with Crippen molar-refractivity contribution in [2.45, 2.75) is 13.8 Å². The second-order valence-electron chi connectivity index (χ2n) is 6.48. The third kappa shape index (κ3) is 4.31. The largest absolute Gasteiger partial charge is 0.497 e. The molecule has 0 atom stereocenters. The Bertz CT molecular complexity index is 938. The van der Waals surface area contributed by atoms with Crippen molar-refractivity contribution >= 4 is 32.6 Å². The number of nitrogens with one attached hydrogen (secondary N) is 1. The van der Waals surface area contributed by atoms with Crippen LogP contribution in [0.1, 0.15) is 24.2 Å². The summed E-state index contributed by atoms with van der Waals surface area (Å²) in [6, 6.07) is 11.9. The standard InChI is InChI=1S/C21H24FN3O2S/c1-4-24(5-2)13-14-25(20(26)15-9-11-16(27-3)12-10-15)21-23-19-17(22)7-6-8-18(19)28-21/h6-12H,4-5,13-14H2,1-3H3/p+1. The summed E-state index contributed by atoms with van der Waals surface area (Å²) >= 11 is 1.34. The average Bonchev–Trinajstić information content (AvgIpc) is 3.16. The molecule has 2 aromatic carbocycles. The number of carbonyl (C=O) groups is 1. The van der Waals surface area contributed by atoms with Crippen molar-refractivity contribution in [1.82, 2.24) is 4.98 Å². The van der Waals surface area contributed by atoms with Crippen LogP contribution in [0.3, 0.4) is 0 Å². The van der Waals surface area contributed by atoms with E-state index in [-0.39, 0.29) is 11.7 Å². The molecule has 0 unspecified atom stereocenters. The molecule has 0 aliphatic carbocycles. The molecular formula is C21H25FN3O2S+. The van der Waals surface area contributed by atoms with Crippen LogP contribution in [0.5, 0.6) is 5.75 Å². The molecule has 7 heteroatoms. The highest BCUT2D eigenvalue weighted by Gasteiger charge is 2.23. The van der Waals surface area contributed by atoms with E-state index >= 15 is 0 Å². The van der Waals surface area contributed by atoms with Crippen LogP contribution in [-0.4, -0.2) is 44.2 Å². The Morgan fingerprint density at radius 3 is 2.50 bits per heavy atom. The van der Waals surface area contributed by atoms with Crippen molar-refractivity contribution in [1.29, 1.82) is 0 Å². The lowest BCUT2D eigenvalue weighted by molar-refractivity contribution is -0.894. The molecule has 1 N–H and O–H groups in total. The second-order valence-corrected chi connectivity index (χ2v) is 7.48. The minimum Gasteiger partial charge on any atom is -0.497 e. The molecule has 28 heavy (non-hydrogen) atoms. The fourth-order valence-electron chi connectivity index (χ4n) is 3.07. The number of benzene rings is 2. The summed E-state index contributed by atoms with van der Waals surface area (Å²) in [4.78, 5) is 20.7. The van der Waals surface area contributed by atoms with Gasteiger partial charge in [0, 0.05) is 5.56 Å². The Morgan fingerprint density at radius 1 is 1.18 bits per heavy atom. The van der Waals surface area contributed by atoms with Gasteiger partial charge >= 0.3 is 0 Å². The first-order chi connectivity index (χ1) is 13.6. The number of ether oxygens (including phenoxy) is 1. The number of aromatic nitrogens is 1. The van der Waals surface area contributed by atoms with E-state index in [1.807, 2.05) is 6.07 Å². The SMILES string of the molecule is CC[NH+](CC)CCN(C(=O)c1ccc(OC)cc1)c1nc2c(F)cccc2s1. The smallest absolute Gasteiger partial charge is 0.260 e. The zero-order valence-electron chi connectivity index (χ0n) is 16.4. The van der Waals surface area contributed by atoms with Crippen LogP contribution in [0.2, 0.25) is 0 Å². The molecule has 1 heterocycles. The monoisotopic (exact) mass is 402 g/mol. The number of thiazole rings is 1. The van der Waals surface area contributed by atoms with E-state index in [0.29, 0.717) is 28.5 Å². The summed E-state index contributed by atoms with van der Waals surface area (Å²) in [5, 5.41) is 0.521. The molecule has 1 amide bonds. The van der Waals surface area contributed by atoms with Crippen molar-refractivity contribution in [2.24, 2.45) is 0 Å². The van der Waals surface area contributed by atoms with E-state index in [0.717, 1.165) is 24.3 Å². The Balaban J connectivity index is 1.95. The number of carbonyl (C=O) groups excluding carboxylic acids is 1. The molecule has 0 bridgehead atoms. The van der Waals surface area contributed by atoms with Gasteiger partial charge in [-0.3, -0.25) is 9.69 Å². The fourth-order valence-corrected chi connectivity index (χ4v) is 4.07. The van der Waals surface area contributed by atoms with Crippen LogP contribution in [0.4, 0.5) is 9.52 Å². The maximum absolute atomic E-state index is 14.1. The quantitative estimate of drug-likeness (QED) is 0.630. The van der Waals surface area contributed by atoms with Gasteiger partial charge in [0.15, 0.2) is 5.13 Å². The summed E-state index contributed by atoms with van der Waals surface area (Å²) in [5.74, 6) is 0.178. The lowest BCUT2D eigenvalue weighted by Crippen LogP contribution is -3.12. The number of halogens is 1. The Labute approximate surface area is 168 Å². The fraction of sp³-hybridized carbons (Fsp3) is 0.333. The normalized spacial score (nSPS) is 11.2. The van der Waals surface area contributed by atoms with Crippen molar-refractivity contribution in [3.63, 3.8) is 0 Å². The molecule has 0 radical (unpaired) electrons. The molecule has 0 spiro atoms. The van der Waals surface area contributed by atoms with E-state index in [4.69, 9.17) is 4.74 Å². The third-order valence-electron chi connectivity index (χ3n) is 4.86. The van der Waals surface area contributed by atoms with Gasteiger partial charge in [-0.25, -0.2) is 9.37 Å². The lowest BCUT2D eigenvalue weighted by Gasteiger charge is -2.23. The highest BCUT2D eigenvalue weighted by molar-refractivity contribution is 7.22. The molecule has 0 aliphatic heterocycles. The number of methoxy groups -OCH3 is 1. The van der Waals surface area contributed by atoms with E-state index < -0.39 is 0 Å². The predicted molar refractivity (Wildman–Crippen MR) is 111 cm³/mol. The van der Waals surface area contributed by atoms with Crippen LogP contribution in [0, 0.1) is 5.82 Å². The van der Waals surface area contributed by atoms with Gasteiger partial charge in [-0.1, -0.05) is 17.4 Å². The van der Waals surface area contributed by atoms with Crippen molar-refractivity contribution in [2.75, 3.05) is 38.2 Å². The van der Waals surface area contributed by atoms with E-state index in [9.17, 15) is 9.18 Å². The second kappa shape index (κ2) is 9.12. The number of nitrogens with zero attached hydrogens (tertiary/aromatic N) is 2. The van der Waals surface area contributed by atoms with Crippen LogP contribution in [-0.2, 0) is 0 Å². The number of hydrogen-bond acceptors (Lipinski definition) is 4. The van der Waals surface area contributed by atoms with Gasteiger partial charge in [0.2, 0.25) is 0 Å². The molecule has 148 valence electrons. The van der Waals surface area contributed by atoms with Gasteiger partial charge in [-0.15, -0.1) is 0 Å². The number of hydrogen-bond donors (Lipinski definition) is 1. The van der Waals surface area contributed by atoms with Gasteiger partial charge < -0.3 is 9.64 Å². The van der Waals surface area contributed by atoms with Crippen LogP contribution in [0.15, 0.2) is 42.5 Å². The first-order valence-corrected chi connectivity index (χ1v) is 10.2. The minimum absolute atomic E-state index is 0.145. The van der Waals surface area contributed by atoms with Crippen LogP contribution >= 0.6 is 11.3 Å². The highest BCUT2D eigenvalue weighted by atomic mass is 32.1. The lowest BCUT2D eigenvalue weighted by atomic mass is 10.2. The van der Waals surface area contributed by atoms with Gasteiger partial charge in [0.25, 0.3) is 5.91 Å². The molecular weight excluding hydrogens is 377 g/mol. The predicted octanol–water partition coefficient (Wildman–Crippen LogP) is 3.02. The topological polar surface area (TPSA) is 46.9 Å². The molecule has 0 aliphatic rings. The first kappa shape index (κ1) is 20.2. The number of fused-ring (bicyclic) bond motifs is 1. The molecule has 0 fully saturated rings. The number of amides is 1. The van der Waals surface area contributed by atoms with Crippen molar-refractivity contribution < 1.29 is 18.8 Å². The zero-order valence-corrected chi connectivity index (χ0v) is 17.2. The first-order valence-electron chi connectivity index (χ1n) is 9.41. The molecule has 3 rings (SSSR count). The summed E-state index contributed by atoms with van der Waals surface area (Å²) < 4.78 is 20.0. The van der Waals surface area contributed by atoms with Crippen molar-refractivity contribution in [3.8, 4) is 5.75 Å². The van der Waals surface area contributed by atoms with E-state index in [2.05, 4.69) is 18.8 Å². The van der Waals surface area contributed by atoms with Gasteiger partial charge in [-0.05, 0) is 50.2 Å². The van der Waals surface area contributed by atoms with Gasteiger partial charge in [0.05, 0.1) is 38.0 Å². The number of quaternary nitrogens is 1. The number of rotatable bonds is 8. The Kier molecular flexibility index (Phi) is 6.59. The Hall–Kier alpha value is -2.51. The van der Waals surface area contributed by atoms with Crippen molar-refractivity contribution in [3.05, 3.63) is 53.8 Å². The minimum atomic E-state index is -0.369. The molecule has 3 aromatic rings.